The summed E-state index contributed by atoms with van der Waals surface area (Å²) in [6.07, 6.45) is 1.84. The summed E-state index contributed by atoms with van der Waals surface area (Å²) in [4.78, 5) is 4.24. The highest BCUT2D eigenvalue weighted by atomic mass is 16.3. The Hall–Kier alpha value is -2.07. The monoisotopic (exact) mass is 258 g/mol. The number of pyridine rings is 1. The normalized spacial score (nSPS) is 12.3. The van der Waals surface area contributed by atoms with Crippen molar-refractivity contribution in [3.63, 3.8) is 0 Å². The number of aryl methyl sites for hydroxylation is 1. The van der Waals surface area contributed by atoms with Gasteiger partial charge in [-0.15, -0.1) is 0 Å². The number of phenolic OH excluding ortho intramolecular Hbond substituents is 2. The van der Waals surface area contributed by atoms with Crippen molar-refractivity contribution in [1.29, 1.82) is 0 Å². The molecule has 0 saturated carbocycles. The van der Waals surface area contributed by atoms with E-state index in [1.165, 1.54) is 6.07 Å². The molecule has 1 atom stereocenters. The van der Waals surface area contributed by atoms with Gasteiger partial charge in [-0.1, -0.05) is 6.07 Å². The predicted molar refractivity (Wildman–Crippen MR) is 74.0 cm³/mol. The summed E-state index contributed by atoms with van der Waals surface area (Å²) in [7, 11) is 0. The lowest BCUT2D eigenvalue weighted by Gasteiger charge is -2.15. The lowest BCUT2D eigenvalue weighted by Crippen LogP contribution is -2.18. The molecular formula is C15H18N2O2. The van der Waals surface area contributed by atoms with Crippen LogP contribution in [0.5, 0.6) is 11.5 Å². The van der Waals surface area contributed by atoms with Crippen molar-refractivity contribution < 1.29 is 10.2 Å². The second kappa shape index (κ2) is 5.71. The maximum absolute atomic E-state index is 9.46. The average Bonchev–Trinajstić information content (AvgIpc) is 2.36. The number of hydrogen-bond acceptors (Lipinski definition) is 4. The molecule has 0 aliphatic heterocycles. The van der Waals surface area contributed by atoms with Gasteiger partial charge in [0.25, 0.3) is 0 Å². The summed E-state index contributed by atoms with van der Waals surface area (Å²) in [5.41, 5.74) is 2.94. The van der Waals surface area contributed by atoms with Gasteiger partial charge >= 0.3 is 0 Å². The zero-order chi connectivity index (χ0) is 13.8. The molecule has 19 heavy (non-hydrogen) atoms. The quantitative estimate of drug-likeness (QED) is 0.788. The van der Waals surface area contributed by atoms with Gasteiger partial charge in [-0.2, -0.15) is 0 Å². The summed E-state index contributed by atoms with van der Waals surface area (Å²) in [6.45, 7) is 4.62. The number of phenols is 2. The van der Waals surface area contributed by atoms with Crippen molar-refractivity contribution in [2.75, 3.05) is 0 Å². The summed E-state index contributed by atoms with van der Waals surface area (Å²) in [6, 6.07) is 8.64. The smallest absolute Gasteiger partial charge is 0.119 e. The van der Waals surface area contributed by atoms with Crippen LogP contribution in [-0.4, -0.2) is 15.2 Å². The Bertz CT molecular complexity index is 532. The molecule has 1 heterocycles. The Labute approximate surface area is 112 Å². The highest BCUT2D eigenvalue weighted by Gasteiger charge is 2.07. The topological polar surface area (TPSA) is 65.4 Å². The third-order valence-electron chi connectivity index (χ3n) is 3.01. The first-order valence-electron chi connectivity index (χ1n) is 6.22. The molecule has 4 nitrogen and oxygen atoms in total. The van der Waals surface area contributed by atoms with Crippen LogP contribution in [0.4, 0.5) is 0 Å². The van der Waals surface area contributed by atoms with E-state index in [-0.39, 0.29) is 17.5 Å². The molecule has 100 valence electrons. The first-order chi connectivity index (χ1) is 9.04. The summed E-state index contributed by atoms with van der Waals surface area (Å²) < 4.78 is 0. The number of nitrogens with zero attached hydrogens (tertiary/aromatic N) is 1. The molecule has 0 amide bonds. The van der Waals surface area contributed by atoms with Gasteiger partial charge in [0.15, 0.2) is 0 Å². The molecule has 0 bridgehead atoms. The van der Waals surface area contributed by atoms with Crippen LogP contribution in [0.1, 0.15) is 29.8 Å². The van der Waals surface area contributed by atoms with Crippen molar-refractivity contribution >= 4 is 0 Å². The van der Waals surface area contributed by atoms with E-state index in [2.05, 4.69) is 10.3 Å². The van der Waals surface area contributed by atoms with E-state index >= 15 is 0 Å². The Morgan fingerprint density at radius 2 is 1.84 bits per heavy atom. The van der Waals surface area contributed by atoms with Gasteiger partial charge in [0.1, 0.15) is 11.5 Å². The van der Waals surface area contributed by atoms with E-state index in [4.69, 9.17) is 0 Å². The van der Waals surface area contributed by atoms with E-state index in [1.807, 2.05) is 32.2 Å². The fourth-order valence-corrected chi connectivity index (χ4v) is 1.86. The van der Waals surface area contributed by atoms with E-state index < -0.39 is 0 Å². The average molecular weight is 258 g/mol. The maximum Gasteiger partial charge on any atom is 0.119 e. The standard InChI is InChI=1S/C15H18N2O2/c1-10-3-4-12(8-16-10)9-17-11(2)13-5-14(18)7-15(19)6-13/h3-8,11,17-19H,9H2,1-2H3. The maximum atomic E-state index is 9.46. The fourth-order valence-electron chi connectivity index (χ4n) is 1.86. The molecule has 0 aliphatic carbocycles. The molecule has 0 spiro atoms. The predicted octanol–water partition coefficient (Wildman–Crippen LogP) is 2.65. The molecule has 0 saturated heterocycles. The minimum Gasteiger partial charge on any atom is -0.508 e. The van der Waals surface area contributed by atoms with Gasteiger partial charge in [-0.05, 0) is 43.2 Å². The van der Waals surface area contributed by atoms with Gasteiger partial charge in [-0.3, -0.25) is 4.98 Å². The molecule has 1 aromatic carbocycles. The van der Waals surface area contributed by atoms with Crippen molar-refractivity contribution in [2.45, 2.75) is 26.4 Å². The fraction of sp³-hybridized carbons (Fsp3) is 0.267. The van der Waals surface area contributed by atoms with Crippen LogP contribution in [0.3, 0.4) is 0 Å². The zero-order valence-corrected chi connectivity index (χ0v) is 11.1. The van der Waals surface area contributed by atoms with Crippen LogP contribution >= 0.6 is 0 Å². The SMILES string of the molecule is Cc1ccc(CNC(C)c2cc(O)cc(O)c2)cn1. The van der Waals surface area contributed by atoms with Crippen LogP contribution in [0.15, 0.2) is 36.5 Å². The van der Waals surface area contributed by atoms with Crippen LogP contribution in [0, 0.1) is 6.92 Å². The van der Waals surface area contributed by atoms with Crippen LogP contribution in [-0.2, 0) is 6.54 Å². The highest BCUT2D eigenvalue weighted by molar-refractivity contribution is 5.38. The third kappa shape index (κ3) is 3.69. The summed E-state index contributed by atoms with van der Waals surface area (Å²) >= 11 is 0. The van der Waals surface area contributed by atoms with E-state index in [1.54, 1.807) is 12.1 Å². The van der Waals surface area contributed by atoms with Gasteiger partial charge in [0, 0.05) is 30.5 Å². The molecule has 4 heteroatoms. The van der Waals surface area contributed by atoms with E-state index in [0.717, 1.165) is 16.8 Å². The van der Waals surface area contributed by atoms with Crippen molar-refractivity contribution in [3.8, 4) is 11.5 Å². The number of rotatable bonds is 4. The second-order valence-electron chi connectivity index (χ2n) is 4.69. The first-order valence-corrected chi connectivity index (χ1v) is 6.22. The number of benzene rings is 1. The molecule has 0 aliphatic rings. The lowest BCUT2D eigenvalue weighted by molar-refractivity contribution is 0.446. The van der Waals surface area contributed by atoms with E-state index in [0.29, 0.717) is 6.54 Å². The molecule has 2 aromatic rings. The molecule has 1 unspecified atom stereocenters. The summed E-state index contributed by atoms with van der Waals surface area (Å²) in [5.74, 6) is 0.140. The lowest BCUT2D eigenvalue weighted by atomic mass is 10.1. The van der Waals surface area contributed by atoms with E-state index in [9.17, 15) is 10.2 Å². The minimum absolute atomic E-state index is 0.0271. The molecule has 0 radical (unpaired) electrons. The molecular weight excluding hydrogens is 240 g/mol. The molecule has 3 N–H and O–H groups in total. The largest absolute Gasteiger partial charge is 0.508 e. The highest BCUT2D eigenvalue weighted by Crippen LogP contribution is 2.24. The Morgan fingerprint density at radius 1 is 1.16 bits per heavy atom. The Kier molecular flexibility index (Phi) is 4.02. The number of aromatic hydroxyl groups is 2. The zero-order valence-electron chi connectivity index (χ0n) is 11.1. The third-order valence-corrected chi connectivity index (χ3v) is 3.01. The first kappa shape index (κ1) is 13.4. The molecule has 1 aromatic heterocycles. The number of nitrogens with one attached hydrogen (secondary N) is 1. The van der Waals surface area contributed by atoms with Crippen molar-refractivity contribution in [3.05, 3.63) is 53.3 Å². The van der Waals surface area contributed by atoms with Gasteiger partial charge in [0.05, 0.1) is 0 Å². The number of aromatic nitrogens is 1. The van der Waals surface area contributed by atoms with Crippen molar-refractivity contribution in [2.24, 2.45) is 0 Å². The van der Waals surface area contributed by atoms with Crippen LogP contribution < -0.4 is 5.32 Å². The molecule has 2 rings (SSSR count). The van der Waals surface area contributed by atoms with Gasteiger partial charge in [-0.25, -0.2) is 0 Å². The van der Waals surface area contributed by atoms with Gasteiger partial charge < -0.3 is 15.5 Å². The van der Waals surface area contributed by atoms with Crippen LogP contribution in [0.2, 0.25) is 0 Å². The van der Waals surface area contributed by atoms with Crippen molar-refractivity contribution in [1.82, 2.24) is 10.3 Å². The Balaban J connectivity index is 2.00. The van der Waals surface area contributed by atoms with Gasteiger partial charge in [0.2, 0.25) is 0 Å². The molecule has 0 fully saturated rings. The van der Waals surface area contributed by atoms with Crippen LogP contribution in [0.25, 0.3) is 0 Å². The second-order valence-corrected chi connectivity index (χ2v) is 4.69. The summed E-state index contributed by atoms with van der Waals surface area (Å²) in [5, 5.41) is 22.2. The minimum atomic E-state index is 0.0271. The number of hydrogen-bond donors (Lipinski definition) is 3. The Morgan fingerprint density at radius 3 is 2.42 bits per heavy atom.